The summed E-state index contributed by atoms with van der Waals surface area (Å²) in [5.41, 5.74) is 1.84. The van der Waals surface area contributed by atoms with Gasteiger partial charge < -0.3 is 14.8 Å². The third kappa shape index (κ3) is 6.26. The number of methoxy groups -OCH3 is 1. The van der Waals surface area contributed by atoms with Gasteiger partial charge in [0.2, 0.25) is 0 Å². The molecule has 31 heavy (non-hydrogen) atoms. The second-order valence-electron chi connectivity index (χ2n) is 6.45. The van der Waals surface area contributed by atoms with Crippen molar-refractivity contribution in [1.82, 2.24) is 0 Å². The lowest BCUT2D eigenvalue weighted by molar-refractivity contribution is -0.112. The predicted octanol–water partition coefficient (Wildman–Crippen LogP) is 6.13. The van der Waals surface area contributed by atoms with Crippen LogP contribution in [0, 0.1) is 11.3 Å². The Bertz CT molecular complexity index is 1150. The Morgan fingerprint density at radius 3 is 2.48 bits per heavy atom. The summed E-state index contributed by atoms with van der Waals surface area (Å²) in [6.07, 6.45) is 1.44. The second-order valence-corrected chi connectivity index (χ2v) is 7.33. The SMILES string of the molecule is COc1ccc(NC(=O)/C(C#N)=C\c2cc(Cl)ccc2OCc2cccc(Cl)c2)cc1. The highest BCUT2D eigenvalue weighted by Crippen LogP contribution is 2.27. The van der Waals surface area contributed by atoms with Crippen LogP contribution in [0.3, 0.4) is 0 Å². The number of carbonyl (C=O) groups is 1. The summed E-state index contributed by atoms with van der Waals surface area (Å²) in [7, 11) is 1.56. The normalized spacial score (nSPS) is 10.8. The van der Waals surface area contributed by atoms with Gasteiger partial charge in [-0.05, 0) is 66.2 Å². The van der Waals surface area contributed by atoms with Crippen LogP contribution in [0.25, 0.3) is 6.08 Å². The molecule has 1 amide bonds. The van der Waals surface area contributed by atoms with Crippen molar-refractivity contribution in [2.75, 3.05) is 12.4 Å². The van der Waals surface area contributed by atoms with Gasteiger partial charge in [0.15, 0.2) is 0 Å². The highest BCUT2D eigenvalue weighted by molar-refractivity contribution is 6.31. The topological polar surface area (TPSA) is 71.3 Å². The zero-order valence-electron chi connectivity index (χ0n) is 16.6. The number of ether oxygens (including phenoxy) is 2. The van der Waals surface area contributed by atoms with Gasteiger partial charge in [0.1, 0.15) is 29.7 Å². The number of amides is 1. The van der Waals surface area contributed by atoms with E-state index in [0.29, 0.717) is 32.8 Å². The molecule has 0 atom stereocenters. The van der Waals surface area contributed by atoms with Crippen LogP contribution < -0.4 is 14.8 Å². The molecule has 3 aromatic rings. The molecule has 0 spiro atoms. The molecule has 3 aromatic carbocycles. The van der Waals surface area contributed by atoms with Crippen molar-refractivity contribution in [3.05, 3.63) is 93.5 Å². The third-order valence-electron chi connectivity index (χ3n) is 4.27. The molecule has 1 N–H and O–H groups in total. The van der Waals surface area contributed by atoms with Crippen molar-refractivity contribution in [1.29, 1.82) is 5.26 Å². The van der Waals surface area contributed by atoms with Crippen molar-refractivity contribution >= 4 is 40.9 Å². The van der Waals surface area contributed by atoms with E-state index in [1.165, 1.54) is 6.08 Å². The van der Waals surface area contributed by atoms with Crippen LogP contribution in [0.2, 0.25) is 10.0 Å². The van der Waals surface area contributed by atoms with Crippen LogP contribution in [0.4, 0.5) is 5.69 Å². The summed E-state index contributed by atoms with van der Waals surface area (Å²) in [6, 6.07) is 21.0. The van der Waals surface area contributed by atoms with Crippen LogP contribution >= 0.6 is 23.2 Å². The van der Waals surface area contributed by atoms with Gasteiger partial charge in [-0.2, -0.15) is 5.26 Å². The molecule has 0 unspecified atom stereocenters. The molecule has 0 fully saturated rings. The number of nitriles is 1. The van der Waals surface area contributed by atoms with E-state index >= 15 is 0 Å². The maximum absolute atomic E-state index is 12.6. The van der Waals surface area contributed by atoms with E-state index in [-0.39, 0.29) is 12.2 Å². The molecule has 0 aliphatic carbocycles. The summed E-state index contributed by atoms with van der Waals surface area (Å²) >= 11 is 12.1. The fourth-order valence-corrected chi connectivity index (χ4v) is 3.12. The Hall–Kier alpha value is -3.46. The van der Waals surface area contributed by atoms with E-state index in [2.05, 4.69) is 5.32 Å². The monoisotopic (exact) mass is 452 g/mol. The summed E-state index contributed by atoms with van der Waals surface area (Å²) in [5, 5.41) is 13.3. The van der Waals surface area contributed by atoms with Gasteiger partial charge in [-0.1, -0.05) is 35.3 Å². The Kier molecular flexibility index (Phi) is 7.55. The molecule has 0 radical (unpaired) electrons. The first kappa shape index (κ1) is 22.2. The lowest BCUT2D eigenvalue weighted by atomic mass is 10.1. The summed E-state index contributed by atoms with van der Waals surface area (Å²) in [5.74, 6) is 0.595. The number of hydrogen-bond donors (Lipinski definition) is 1. The maximum atomic E-state index is 12.6. The molecule has 7 heteroatoms. The van der Waals surface area contributed by atoms with E-state index in [4.69, 9.17) is 32.7 Å². The van der Waals surface area contributed by atoms with Gasteiger partial charge >= 0.3 is 0 Å². The number of nitrogens with zero attached hydrogens (tertiary/aromatic N) is 1. The summed E-state index contributed by atoms with van der Waals surface area (Å²) in [6.45, 7) is 0.267. The molecule has 0 aliphatic rings. The van der Waals surface area contributed by atoms with Crippen molar-refractivity contribution in [2.24, 2.45) is 0 Å². The largest absolute Gasteiger partial charge is 0.497 e. The predicted molar refractivity (Wildman–Crippen MR) is 122 cm³/mol. The number of anilines is 1. The van der Waals surface area contributed by atoms with Gasteiger partial charge in [0.05, 0.1) is 7.11 Å². The third-order valence-corrected chi connectivity index (χ3v) is 4.74. The minimum Gasteiger partial charge on any atom is -0.497 e. The Balaban J connectivity index is 1.81. The van der Waals surface area contributed by atoms with Crippen molar-refractivity contribution in [3.8, 4) is 17.6 Å². The number of halogens is 2. The molecule has 0 heterocycles. The molecular weight excluding hydrogens is 435 g/mol. The van der Waals surface area contributed by atoms with Gasteiger partial charge in [-0.3, -0.25) is 4.79 Å². The Morgan fingerprint density at radius 2 is 1.81 bits per heavy atom. The average Bonchev–Trinajstić information content (AvgIpc) is 2.77. The molecule has 156 valence electrons. The zero-order chi connectivity index (χ0) is 22.2. The van der Waals surface area contributed by atoms with E-state index in [1.54, 1.807) is 61.7 Å². The number of carbonyl (C=O) groups excluding carboxylic acids is 1. The van der Waals surface area contributed by atoms with Crippen LogP contribution in [-0.4, -0.2) is 13.0 Å². The number of nitrogens with one attached hydrogen (secondary N) is 1. The van der Waals surface area contributed by atoms with E-state index < -0.39 is 5.91 Å². The van der Waals surface area contributed by atoms with E-state index in [0.717, 1.165) is 5.56 Å². The van der Waals surface area contributed by atoms with E-state index in [9.17, 15) is 10.1 Å². The standard InChI is InChI=1S/C24H18Cl2N2O3/c1-30-22-8-6-21(7-9-22)28-24(29)18(14-27)12-17-13-20(26)5-10-23(17)31-15-16-3-2-4-19(25)11-16/h2-13H,15H2,1H3,(H,28,29)/b18-12-. The first-order valence-corrected chi connectivity index (χ1v) is 9.98. The number of rotatable bonds is 7. The minimum atomic E-state index is -0.548. The molecule has 0 saturated heterocycles. The van der Waals surface area contributed by atoms with Crippen molar-refractivity contribution < 1.29 is 14.3 Å². The molecular formula is C24H18Cl2N2O3. The first-order chi connectivity index (χ1) is 15.0. The zero-order valence-corrected chi connectivity index (χ0v) is 18.1. The lowest BCUT2D eigenvalue weighted by Crippen LogP contribution is -2.13. The van der Waals surface area contributed by atoms with Gasteiger partial charge in [-0.15, -0.1) is 0 Å². The molecule has 3 rings (SSSR count). The quantitative estimate of drug-likeness (QED) is 0.345. The highest BCUT2D eigenvalue weighted by Gasteiger charge is 2.12. The van der Waals surface area contributed by atoms with Crippen LogP contribution in [0.5, 0.6) is 11.5 Å². The Labute approximate surface area is 190 Å². The first-order valence-electron chi connectivity index (χ1n) is 9.22. The molecule has 0 aliphatic heterocycles. The lowest BCUT2D eigenvalue weighted by Gasteiger charge is -2.11. The van der Waals surface area contributed by atoms with Gasteiger partial charge in [0.25, 0.3) is 5.91 Å². The minimum absolute atomic E-state index is 0.0920. The van der Waals surface area contributed by atoms with Crippen molar-refractivity contribution in [2.45, 2.75) is 6.61 Å². The highest BCUT2D eigenvalue weighted by atomic mass is 35.5. The van der Waals surface area contributed by atoms with Crippen LogP contribution in [0.15, 0.2) is 72.3 Å². The fourth-order valence-electron chi connectivity index (χ4n) is 2.73. The second kappa shape index (κ2) is 10.5. The van der Waals surface area contributed by atoms with Crippen LogP contribution in [0.1, 0.15) is 11.1 Å². The molecule has 0 saturated carbocycles. The molecule has 0 aromatic heterocycles. The average molecular weight is 453 g/mol. The van der Waals surface area contributed by atoms with Crippen molar-refractivity contribution in [3.63, 3.8) is 0 Å². The summed E-state index contributed by atoms with van der Waals surface area (Å²) in [4.78, 5) is 12.6. The van der Waals surface area contributed by atoms with Gasteiger partial charge in [-0.25, -0.2) is 0 Å². The smallest absolute Gasteiger partial charge is 0.266 e. The Morgan fingerprint density at radius 1 is 1.06 bits per heavy atom. The fraction of sp³-hybridized carbons (Fsp3) is 0.0833. The van der Waals surface area contributed by atoms with E-state index in [1.807, 2.05) is 18.2 Å². The summed E-state index contributed by atoms with van der Waals surface area (Å²) < 4.78 is 11.0. The molecule has 0 bridgehead atoms. The maximum Gasteiger partial charge on any atom is 0.266 e. The number of benzene rings is 3. The van der Waals surface area contributed by atoms with Gasteiger partial charge in [0, 0.05) is 21.3 Å². The molecule has 5 nitrogen and oxygen atoms in total. The van der Waals surface area contributed by atoms with Crippen LogP contribution in [-0.2, 0) is 11.4 Å². The number of hydrogen-bond acceptors (Lipinski definition) is 4.